The maximum atomic E-state index is 11.4. The molecule has 0 aromatic heterocycles. The summed E-state index contributed by atoms with van der Waals surface area (Å²) in [5, 5.41) is 6.16. The second kappa shape index (κ2) is 8.38. The lowest BCUT2D eigenvalue weighted by molar-refractivity contribution is 0.0525. The molecule has 19 heavy (non-hydrogen) atoms. The number of nitrogens with one attached hydrogen (secondary N) is 2. The summed E-state index contributed by atoms with van der Waals surface area (Å²) in [5.74, 6) is 0.646. The van der Waals surface area contributed by atoms with Gasteiger partial charge in [-0.3, -0.25) is 0 Å². The van der Waals surface area contributed by atoms with Gasteiger partial charge in [-0.25, -0.2) is 4.79 Å². The summed E-state index contributed by atoms with van der Waals surface area (Å²) in [7, 11) is 0. The van der Waals surface area contributed by atoms with E-state index in [1.807, 2.05) is 20.8 Å². The molecule has 1 unspecified atom stereocenters. The molecule has 0 aliphatic carbocycles. The fourth-order valence-electron chi connectivity index (χ4n) is 1.99. The van der Waals surface area contributed by atoms with Crippen LogP contribution in [0.1, 0.15) is 40.0 Å². The van der Waals surface area contributed by atoms with Crippen LogP contribution in [0.15, 0.2) is 0 Å². The fraction of sp³-hybridized carbons (Fsp3) is 0.929. The summed E-state index contributed by atoms with van der Waals surface area (Å²) >= 11 is 0. The summed E-state index contributed by atoms with van der Waals surface area (Å²) in [6.45, 7) is 9.93. The minimum atomic E-state index is -0.427. The quantitative estimate of drug-likeness (QED) is 0.725. The number of alkyl carbamates (subject to hydrolysis) is 1. The van der Waals surface area contributed by atoms with Gasteiger partial charge in [-0.2, -0.15) is 0 Å². The van der Waals surface area contributed by atoms with Crippen LogP contribution in [0.5, 0.6) is 0 Å². The zero-order valence-electron chi connectivity index (χ0n) is 12.5. The van der Waals surface area contributed by atoms with Crippen LogP contribution < -0.4 is 10.6 Å². The normalized spacial score (nSPS) is 20.1. The lowest BCUT2D eigenvalue weighted by Crippen LogP contribution is -2.34. The molecule has 1 saturated heterocycles. The van der Waals surface area contributed by atoms with Gasteiger partial charge in [0.25, 0.3) is 0 Å². The molecule has 1 rings (SSSR count). The Morgan fingerprint density at radius 3 is 2.79 bits per heavy atom. The Morgan fingerprint density at radius 2 is 2.16 bits per heavy atom. The SMILES string of the molecule is CC(C)(C)OC(=O)NCCCNCC1CCCOC1. The highest BCUT2D eigenvalue weighted by atomic mass is 16.6. The van der Waals surface area contributed by atoms with E-state index in [1.54, 1.807) is 0 Å². The zero-order valence-corrected chi connectivity index (χ0v) is 12.5. The second-order valence-electron chi connectivity index (χ2n) is 6.07. The average Bonchev–Trinajstić information content (AvgIpc) is 2.32. The topological polar surface area (TPSA) is 59.6 Å². The van der Waals surface area contributed by atoms with Gasteiger partial charge >= 0.3 is 6.09 Å². The van der Waals surface area contributed by atoms with Crippen molar-refractivity contribution in [2.45, 2.75) is 45.6 Å². The predicted molar refractivity (Wildman–Crippen MR) is 75.3 cm³/mol. The van der Waals surface area contributed by atoms with Gasteiger partial charge in [0, 0.05) is 19.7 Å². The Hall–Kier alpha value is -0.810. The average molecular weight is 272 g/mol. The molecule has 1 atom stereocenters. The van der Waals surface area contributed by atoms with E-state index in [2.05, 4.69) is 10.6 Å². The lowest BCUT2D eigenvalue weighted by atomic mass is 10.0. The summed E-state index contributed by atoms with van der Waals surface area (Å²) < 4.78 is 10.6. The molecule has 0 spiro atoms. The number of carbonyl (C=O) groups is 1. The molecule has 0 saturated carbocycles. The van der Waals surface area contributed by atoms with Crippen LogP contribution in [0, 0.1) is 5.92 Å². The number of rotatable bonds is 6. The monoisotopic (exact) mass is 272 g/mol. The van der Waals surface area contributed by atoms with Gasteiger partial charge in [0.15, 0.2) is 0 Å². The summed E-state index contributed by atoms with van der Waals surface area (Å²) in [5.41, 5.74) is -0.427. The first kappa shape index (κ1) is 16.2. The van der Waals surface area contributed by atoms with Gasteiger partial charge in [0.05, 0.1) is 6.61 Å². The Balaban J connectivity index is 1.92. The van der Waals surface area contributed by atoms with Crippen LogP contribution in [0.4, 0.5) is 4.79 Å². The molecule has 5 nitrogen and oxygen atoms in total. The summed E-state index contributed by atoms with van der Waals surface area (Å²) in [4.78, 5) is 11.4. The van der Waals surface area contributed by atoms with Crippen molar-refractivity contribution in [1.82, 2.24) is 10.6 Å². The van der Waals surface area contributed by atoms with Crippen LogP contribution >= 0.6 is 0 Å². The first-order valence-electron chi connectivity index (χ1n) is 7.23. The molecule has 1 heterocycles. The Morgan fingerprint density at radius 1 is 1.37 bits per heavy atom. The first-order valence-corrected chi connectivity index (χ1v) is 7.23. The van der Waals surface area contributed by atoms with Crippen molar-refractivity contribution < 1.29 is 14.3 Å². The van der Waals surface area contributed by atoms with Crippen LogP contribution in [0.2, 0.25) is 0 Å². The largest absolute Gasteiger partial charge is 0.444 e. The standard InChI is InChI=1S/C14H28N2O3/c1-14(2,3)19-13(17)16-8-5-7-15-10-12-6-4-9-18-11-12/h12,15H,4-11H2,1-3H3,(H,16,17). The Bertz CT molecular complexity index is 258. The molecule has 1 aliphatic heterocycles. The van der Waals surface area contributed by atoms with Crippen LogP contribution in [0.25, 0.3) is 0 Å². The van der Waals surface area contributed by atoms with Crippen molar-refractivity contribution >= 4 is 6.09 Å². The molecule has 0 radical (unpaired) electrons. The maximum absolute atomic E-state index is 11.4. The van der Waals surface area contributed by atoms with Crippen molar-refractivity contribution in [3.63, 3.8) is 0 Å². The minimum Gasteiger partial charge on any atom is -0.444 e. The van der Waals surface area contributed by atoms with Crippen molar-refractivity contribution in [2.75, 3.05) is 32.8 Å². The number of carbonyl (C=O) groups excluding carboxylic acids is 1. The molecule has 2 N–H and O–H groups in total. The number of hydrogen-bond acceptors (Lipinski definition) is 4. The van der Waals surface area contributed by atoms with E-state index in [0.717, 1.165) is 32.7 Å². The molecule has 0 aromatic carbocycles. The van der Waals surface area contributed by atoms with Gasteiger partial charge < -0.3 is 20.1 Å². The third-order valence-corrected chi connectivity index (χ3v) is 2.89. The highest BCUT2D eigenvalue weighted by Gasteiger charge is 2.15. The zero-order chi connectivity index (χ0) is 14.1. The Labute approximate surface area is 116 Å². The lowest BCUT2D eigenvalue weighted by Gasteiger charge is -2.22. The number of amides is 1. The number of ether oxygens (including phenoxy) is 2. The number of hydrogen-bond donors (Lipinski definition) is 2. The van der Waals surface area contributed by atoms with Crippen LogP contribution in [-0.2, 0) is 9.47 Å². The molecule has 112 valence electrons. The molecule has 1 fully saturated rings. The van der Waals surface area contributed by atoms with E-state index >= 15 is 0 Å². The first-order chi connectivity index (χ1) is 8.97. The van der Waals surface area contributed by atoms with E-state index in [1.165, 1.54) is 12.8 Å². The summed E-state index contributed by atoms with van der Waals surface area (Å²) in [6.07, 6.45) is 3.00. The minimum absolute atomic E-state index is 0.340. The third kappa shape index (κ3) is 8.83. The van der Waals surface area contributed by atoms with E-state index < -0.39 is 5.60 Å². The van der Waals surface area contributed by atoms with Crippen LogP contribution in [0.3, 0.4) is 0 Å². The Kier molecular flexibility index (Phi) is 7.16. The molecule has 5 heteroatoms. The maximum Gasteiger partial charge on any atom is 0.407 e. The fourth-order valence-corrected chi connectivity index (χ4v) is 1.99. The summed E-state index contributed by atoms with van der Waals surface area (Å²) in [6, 6.07) is 0. The molecule has 0 bridgehead atoms. The van der Waals surface area contributed by atoms with E-state index in [-0.39, 0.29) is 6.09 Å². The smallest absolute Gasteiger partial charge is 0.407 e. The van der Waals surface area contributed by atoms with Gasteiger partial charge in [-0.1, -0.05) is 0 Å². The third-order valence-electron chi connectivity index (χ3n) is 2.89. The van der Waals surface area contributed by atoms with Crippen molar-refractivity contribution in [3.8, 4) is 0 Å². The van der Waals surface area contributed by atoms with Crippen molar-refractivity contribution in [2.24, 2.45) is 5.92 Å². The molecular weight excluding hydrogens is 244 g/mol. The molecule has 0 aromatic rings. The van der Waals surface area contributed by atoms with Gasteiger partial charge in [0.2, 0.25) is 0 Å². The van der Waals surface area contributed by atoms with E-state index in [9.17, 15) is 4.79 Å². The van der Waals surface area contributed by atoms with Gasteiger partial charge in [-0.15, -0.1) is 0 Å². The van der Waals surface area contributed by atoms with Gasteiger partial charge in [0.1, 0.15) is 5.60 Å². The van der Waals surface area contributed by atoms with Crippen LogP contribution in [-0.4, -0.2) is 44.5 Å². The van der Waals surface area contributed by atoms with E-state index in [0.29, 0.717) is 12.5 Å². The highest BCUT2D eigenvalue weighted by Crippen LogP contribution is 2.11. The highest BCUT2D eigenvalue weighted by molar-refractivity contribution is 5.67. The van der Waals surface area contributed by atoms with Gasteiger partial charge in [-0.05, 0) is 52.5 Å². The molecule has 1 aliphatic rings. The van der Waals surface area contributed by atoms with Crippen molar-refractivity contribution in [1.29, 1.82) is 0 Å². The predicted octanol–water partition coefficient (Wildman–Crippen LogP) is 1.92. The van der Waals surface area contributed by atoms with E-state index in [4.69, 9.17) is 9.47 Å². The molecule has 1 amide bonds. The molecular formula is C14H28N2O3. The van der Waals surface area contributed by atoms with Crippen molar-refractivity contribution in [3.05, 3.63) is 0 Å². The second-order valence-corrected chi connectivity index (χ2v) is 6.07.